The van der Waals surface area contributed by atoms with E-state index in [1.54, 1.807) is 12.4 Å². The van der Waals surface area contributed by atoms with Gasteiger partial charge in [0.1, 0.15) is 0 Å². The second-order valence-electron chi connectivity index (χ2n) is 10.6. The van der Waals surface area contributed by atoms with Crippen molar-refractivity contribution in [3.05, 3.63) is 139 Å². The molecule has 0 radical (unpaired) electrons. The summed E-state index contributed by atoms with van der Waals surface area (Å²) in [5, 5.41) is 1.34. The van der Waals surface area contributed by atoms with Gasteiger partial charge in [-0.1, -0.05) is 48.5 Å². The van der Waals surface area contributed by atoms with E-state index in [-0.39, 0.29) is 0 Å². The van der Waals surface area contributed by atoms with Gasteiger partial charge in [0.25, 0.3) is 0 Å². The molecular formula is C37H26N6. The number of hydrogen-bond donors (Lipinski definition) is 0. The van der Waals surface area contributed by atoms with Gasteiger partial charge in [-0.3, -0.25) is 9.97 Å². The SMILES string of the molecule is C1=Cc2c(c3ccccc3n2-c2ccc(-c3cnc(-c4cc(-c5ccccn5)nc(-c5ccccn5)c4)nc3)cc2)CC1. The molecule has 1 aliphatic rings. The molecule has 0 atom stereocenters. The van der Waals surface area contributed by atoms with Gasteiger partial charge in [0.05, 0.1) is 28.3 Å². The van der Waals surface area contributed by atoms with Crippen molar-refractivity contribution in [2.24, 2.45) is 0 Å². The maximum absolute atomic E-state index is 4.85. The highest BCUT2D eigenvalue weighted by atomic mass is 15.0. The van der Waals surface area contributed by atoms with Crippen LogP contribution in [0.25, 0.3) is 68.0 Å². The Labute approximate surface area is 249 Å². The first-order valence-corrected chi connectivity index (χ1v) is 14.4. The highest BCUT2D eigenvalue weighted by molar-refractivity contribution is 5.90. The van der Waals surface area contributed by atoms with Crippen molar-refractivity contribution in [2.75, 3.05) is 0 Å². The Bertz CT molecular complexity index is 2040. The molecule has 0 aliphatic heterocycles. The summed E-state index contributed by atoms with van der Waals surface area (Å²) in [6.45, 7) is 0. The second-order valence-corrected chi connectivity index (χ2v) is 10.6. The van der Waals surface area contributed by atoms with Crippen LogP contribution >= 0.6 is 0 Å². The lowest BCUT2D eigenvalue weighted by Crippen LogP contribution is -2.00. The molecule has 6 heteroatoms. The third-order valence-corrected chi connectivity index (χ3v) is 7.91. The van der Waals surface area contributed by atoms with Gasteiger partial charge in [0, 0.05) is 52.7 Å². The first-order valence-electron chi connectivity index (χ1n) is 14.4. The number of benzene rings is 2. The number of fused-ring (bicyclic) bond motifs is 3. The smallest absolute Gasteiger partial charge is 0.159 e. The van der Waals surface area contributed by atoms with E-state index in [0.717, 1.165) is 58.0 Å². The predicted octanol–water partition coefficient (Wildman–Crippen LogP) is 8.23. The Kier molecular flexibility index (Phi) is 6.15. The molecule has 0 amide bonds. The van der Waals surface area contributed by atoms with Crippen LogP contribution in [0.4, 0.5) is 0 Å². The van der Waals surface area contributed by atoms with Crippen molar-refractivity contribution in [1.82, 2.24) is 29.5 Å². The lowest BCUT2D eigenvalue weighted by Gasteiger charge is -2.13. The van der Waals surface area contributed by atoms with E-state index in [4.69, 9.17) is 15.0 Å². The molecule has 6 nitrogen and oxygen atoms in total. The topological polar surface area (TPSA) is 69.4 Å². The van der Waals surface area contributed by atoms with E-state index in [1.807, 2.05) is 60.9 Å². The van der Waals surface area contributed by atoms with Crippen molar-refractivity contribution in [2.45, 2.75) is 12.8 Å². The molecule has 8 rings (SSSR count). The first kappa shape index (κ1) is 25.0. The molecular weight excluding hydrogens is 528 g/mol. The number of aromatic nitrogens is 6. The van der Waals surface area contributed by atoms with Gasteiger partial charge in [0.2, 0.25) is 0 Å². The molecule has 0 fully saturated rings. The summed E-state index contributed by atoms with van der Waals surface area (Å²) in [5.41, 5.74) is 11.0. The summed E-state index contributed by atoms with van der Waals surface area (Å²) in [5.74, 6) is 0.620. The van der Waals surface area contributed by atoms with Crippen LogP contribution in [0.15, 0.2) is 128 Å². The molecule has 7 aromatic rings. The van der Waals surface area contributed by atoms with Gasteiger partial charge in [-0.25, -0.2) is 15.0 Å². The normalized spacial score (nSPS) is 12.4. The Morgan fingerprint density at radius 3 is 1.93 bits per heavy atom. The van der Waals surface area contributed by atoms with E-state index in [1.165, 1.54) is 22.2 Å². The second kappa shape index (κ2) is 10.6. The third kappa shape index (κ3) is 4.59. The highest BCUT2D eigenvalue weighted by Crippen LogP contribution is 2.34. The molecule has 0 bridgehead atoms. The average Bonchev–Trinajstić information content (AvgIpc) is 3.43. The summed E-state index contributed by atoms with van der Waals surface area (Å²) in [6.07, 6.45) is 14.0. The van der Waals surface area contributed by atoms with E-state index in [0.29, 0.717) is 5.82 Å². The van der Waals surface area contributed by atoms with Crippen LogP contribution in [0.1, 0.15) is 17.7 Å². The summed E-state index contributed by atoms with van der Waals surface area (Å²) >= 11 is 0. The molecule has 2 aromatic carbocycles. The highest BCUT2D eigenvalue weighted by Gasteiger charge is 2.18. The fourth-order valence-electron chi connectivity index (χ4n) is 5.84. The average molecular weight is 555 g/mol. The standard InChI is InChI=1S/C37H26N6/c1-3-13-35-29(9-1)30-10-2-4-14-36(30)43(35)28-17-15-25(16-18-28)27-23-40-37(41-24-27)26-21-33(31-11-5-7-19-38-31)42-34(22-26)32-12-6-8-20-39-32/h1,3-9,11-24H,2,10H2. The van der Waals surface area contributed by atoms with Gasteiger partial charge >= 0.3 is 0 Å². The Morgan fingerprint density at radius 2 is 1.26 bits per heavy atom. The quantitative estimate of drug-likeness (QED) is 0.214. The number of para-hydroxylation sites is 1. The summed E-state index contributed by atoms with van der Waals surface area (Å²) in [7, 11) is 0. The molecule has 0 unspecified atom stereocenters. The van der Waals surface area contributed by atoms with E-state index in [9.17, 15) is 0 Å². The molecule has 0 saturated carbocycles. The third-order valence-electron chi connectivity index (χ3n) is 7.91. The largest absolute Gasteiger partial charge is 0.310 e. The van der Waals surface area contributed by atoms with Crippen LogP contribution in [0.2, 0.25) is 0 Å². The monoisotopic (exact) mass is 554 g/mol. The summed E-state index contributed by atoms with van der Waals surface area (Å²) in [6, 6.07) is 32.9. The molecule has 0 saturated heterocycles. The maximum Gasteiger partial charge on any atom is 0.159 e. The molecule has 0 N–H and O–H groups in total. The van der Waals surface area contributed by atoms with Crippen molar-refractivity contribution in [3.8, 4) is 51.0 Å². The lowest BCUT2D eigenvalue weighted by atomic mass is 10.0. The first-order chi connectivity index (χ1) is 21.3. The number of rotatable bonds is 5. The van der Waals surface area contributed by atoms with Gasteiger partial charge in [0.15, 0.2) is 5.82 Å². The molecule has 0 spiro atoms. The molecule has 43 heavy (non-hydrogen) atoms. The fraction of sp³-hybridized carbons (Fsp3) is 0.0541. The zero-order valence-electron chi connectivity index (χ0n) is 23.3. The number of aryl methyl sites for hydroxylation is 1. The van der Waals surface area contributed by atoms with E-state index < -0.39 is 0 Å². The van der Waals surface area contributed by atoms with Crippen molar-refractivity contribution in [1.29, 1.82) is 0 Å². The zero-order chi connectivity index (χ0) is 28.6. The fourth-order valence-corrected chi connectivity index (χ4v) is 5.84. The maximum atomic E-state index is 4.85. The minimum atomic E-state index is 0.620. The molecule has 5 aromatic heterocycles. The Morgan fingerprint density at radius 1 is 0.581 bits per heavy atom. The minimum absolute atomic E-state index is 0.620. The van der Waals surface area contributed by atoms with Gasteiger partial charge in [-0.2, -0.15) is 0 Å². The minimum Gasteiger partial charge on any atom is -0.310 e. The van der Waals surface area contributed by atoms with Crippen LogP contribution in [-0.4, -0.2) is 29.5 Å². The van der Waals surface area contributed by atoms with E-state index in [2.05, 4.69) is 75.2 Å². The zero-order valence-corrected chi connectivity index (χ0v) is 23.3. The van der Waals surface area contributed by atoms with Crippen molar-refractivity contribution in [3.63, 3.8) is 0 Å². The Balaban J connectivity index is 1.14. The van der Waals surface area contributed by atoms with Crippen LogP contribution in [-0.2, 0) is 6.42 Å². The van der Waals surface area contributed by atoms with E-state index >= 15 is 0 Å². The number of nitrogens with zero attached hydrogens (tertiary/aromatic N) is 6. The van der Waals surface area contributed by atoms with Crippen LogP contribution in [0.5, 0.6) is 0 Å². The van der Waals surface area contributed by atoms with Crippen LogP contribution in [0.3, 0.4) is 0 Å². The van der Waals surface area contributed by atoms with Gasteiger partial charge in [-0.05, 0) is 84.6 Å². The molecule has 204 valence electrons. The predicted molar refractivity (Wildman–Crippen MR) is 171 cm³/mol. The Hall–Kier alpha value is -5.75. The summed E-state index contributed by atoms with van der Waals surface area (Å²) in [4.78, 5) is 23.4. The number of allylic oxidation sites excluding steroid dienone is 1. The molecule has 1 aliphatic carbocycles. The van der Waals surface area contributed by atoms with Gasteiger partial charge in [-0.15, -0.1) is 0 Å². The van der Waals surface area contributed by atoms with Crippen LogP contribution < -0.4 is 0 Å². The number of hydrogen-bond acceptors (Lipinski definition) is 5. The summed E-state index contributed by atoms with van der Waals surface area (Å²) < 4.78 is 2.37. The lowest BCUT2D eigenvalue weighted by molar-refractivity contribution is 0.967. The van der Waals surface area contributed by atoms with Gasteiger partial charge < -0.3 is 4.57 Å². The number of pyridine rings is 3. The van der Waals surface area contributed by atoms with Crippen molar-refractivity contribution >= 4 is 17.0 Å². The van der Waals surface area contributed by atoms with Crippen molar-refractivity contribution < 1.29 is 0 Å². The van der Waals surface area contributed by atoms with Crippen LogP contribution in [0, 0.1) is 0 Å². The molecule has 5 heterocycles.